The Morgan fingerprint density at radius 2 is 2.07 bits per heavy atom. The summed E-state index contributed by atoms with van der Waals surface area (Å²) >= 11 is 0. The molecule has 1 unspecified atom stereocenters. The van der Waals surface area contributed by atoms with Crippen LogP contribution in [-0.4, -0.2) is 48.2 Å². The Bertz CT molecular complexity index is 662. The molecule has 0 amide bonds. The third-order valence-electron chi connectivity index (χ3n) is 7.07. The Kier molecular flexibility index (Phi) is 5.56. The summed E-state index contributed by atoms with van der Waals surface area (Å²) in [4.78, 5) is 14.0. The zero-order valence-corrected chi connectivity index (χ0v) is 16.6. The number of nitrogens with zero attached hydrogens (tertiary/aromatic N) is 1. The second kappa shape index (κ2) is 7.92. The lowest BCUT2D eigenvalue weighted by Crippen LogP contribution is -2.47. The second-order valence-corrected chi connectivity index (χ2v) is 9.32. The molecule has 0 spiro atoms. The van der Waals surface area contributed by atoms with Crippen molar-refractivity contribution in [1.82, 2.24) is 10.2 Å². The van der Waals surface area contributed by atoms with Crippen LogP contribution in [0.3, 0.4) is 0 Å². The highest BCUT2D eigenvalue weighted by Gasteiger charge is 2.40. The lowest BCUT2D eigenvalue weighted by Gasteiger charge is -2.42. The molecule has 2 aliphatic carbocycles. The molecule has 0 bridgehead atoms. The van der Waals surface area contributed by atoms with Gasteiger partial charge in [-0.15, -0.1) is 0 Å². The highest BCUT2D eigenvalue weighted by molar-refractivity contribution is 5.87. The molecule has 2 N–H and O–H groups in total. The number of nitrogens with one attached hydrogen (secondary N) is 1. The molecule has 27 heavy (non-hydrogen) atoms. The lowest BCUT2D eigenvalue weighted by molar-refractivity contribution is 0.0696. The number of piperidine rings is 1. The Labute approximate surface area is 163 Å². The molecule has 4 nitrogen and oxygen atoms in total. The van der Waals surface area contributed by atoms with E-state index in [2.05, 4.69) is 23.2 Å². The number of carboxylic acids is 1. The first-order valence-corrected chi connectivity index (χ1v) is 10.8. The van der Waals surface area contributed by atoms with Crippen molar-refractivity contribution in [1.29, 1.82) is 0 Å². The van der Waals surface area contributed by atoms with Crippen molar-refractivity contribution in [3.05, 3.63) is 35.4 Å². The fraction of sp³-hybridized carbons (Fsp3) is 0.696. The van der Waals surface area contributed by atoms with Crippen LogP contribution in [0.4, 0.5) is 0 Å². The second-order valence-electron chi connectivity index (χ2n) is 9.32. The van der Waals surface area contributed by atoms with Gasteiger partial charge in [-0.25, -0.2) is 4.79 Å². The van der Waals surface area contributed by atoms with Crippen LogP contribution in [-0.2, 0) is 6.42 Å². The number of aromatic carboxylic acids is 1. The Morgan fingerprint density at radius 3 is 2.70 bits per heavy atom. The molecular weight excluding hydrogens is 336 g/mol. The smallest absolute Gasteiger partial charge is 0.335 e. The Hall–Kier alpha value is -1.39. The number of hydrogen-bond acceptors (Lipinski definition) is 3. The molecule has 3 aliphatic rings. The summed E-state index contributed by atoms with van der Waals surface area (Å²) in [6.45, 7) is 7.04. The molecule has 1 aliphatic heterocycles. The topological polar surface area (TPSA) is 52.6 Å². The van der Waals surface area contributed by atoms with Gasteiger partial charge in [0.05, 0.1) is 5.56 Å². The molecule has 2 atom stereocenters. The molecule has 0 aromatic heterocycles. The van der Waals surface area contributed by atoms with Crippen LogP contribution in [0.25, 0.3) is 0 Å². The average Bonchev–Trinajstić information content (AvgIpc) is 3.58. The summed E-state index contributed by atoms with van der Waals surface area (Å²) < 4.78 is 0. The van der Waals surface area contributed by atoms with Gasteiger partial charge in [-0.3, -0.25) is 0 Å². The number of carboxylic acid groups (broad SMARTS) is 1. The molecule has 0 radical (unpaired) electrons. The zero-order valence-electron chi connectivity index (χ0n) is 16.6. The molecule has 1 heterocycles. The van der Waals surface area contributed by atoms with E-state index in [0.717, 1.165) is 24.8 Å². The molecule has 4 rings (SSSR count). The molecule has 1 aromatic carbocycles. The first-order chi connectivity index (χ1) is 13.1. The van der Waals surface area contributed by atoms with Gasteiger partial charge in [0.15, 0.2) is 0 Å². The SMILES string of the molecule is CCC1C[C@H]1NCC1(Cc2cccc(C(=O)O)c2)CCN(CC2CC2)CC1. The van der Waals surface area contributed by atoms with Gasteiger partial charge in [0.2, 0.25) is 0 Å². The van der Waals surface area contributed by atoms with Crippen molar-refractivity contribution < 1.29 is 9.90 Å². The van der Waals surface area contributed by atoms with Crippen LogP contribution in [0.15, 0.2) is 24.3 Å². The number of benzene rings is 1. The summed E-state index contributed by atoms with van der Waals surface area (Å²) in [6.07, 6.45) is 8.87. The van der Waals surface area contributed by atoms with E-state index in [4.69, 9.17) is 0 Å². The maximum Gasteiger partial charge on any atom is 0.335 e. The summed E-state index contributed by atoms with van der Waals surface area (Å²) in [5, 5.41) is 13.2. The summed E-state index contributed by atoms with van der Waals surface area (Å²) in [5.74, 6) is 0.999. The molecule has 4 heteroatoms. The van der Waals surface area contributed by atoms with Crippen LogP contribution in [0.5, 0.6) is 0 Å². The number of hydrogen-bond donors (Lipinski definition) is 2. The molecule has 1 aromatic rings. The fourth-order valence-electron chi connectivity index (χ4n) is 4.84. The van der Waals surface area contributed by atoms with Gasteiger partial charge < -0.3 is 15.3 Å². The zero-order chi connectivity index (χ0) is 18.9. The van der Waals surface area contributed by atoms with Gasteiger partial charge >= 0.3 is 5.97 Å². The predicted octanol–water partition coefficient (Wildman–Crippen LogP) is 3.81. The highest BCUT2D eigenvalue weighted by Crippen LogP contribution is 2.39. The first kappa shape index (κ1) is 18.9. The van der Waals surface area contributed by atoms with E-state index in [1.165, 1.54) is 63.7 Å². The minimum atomic E-state index is -0.827. The van der Waals surface area contributed by atoms with Crippen molar-refractivity contribution in [2.45, 2.75) is 57.9 Å². The minimum Gasteiger partial charge on any atom is -0.478 e. The van der Waals surface area contributed by atoms with Crippen LogP contribution in [0, 0.1) is 17.3 Å². The maximum atomic E-state index is 11.4. The molecule has 3 fully saturated rings. The van der Waals surface area contributed by atoms with Gasteiger partial charge in [0.25, 0.3) is 0 Å². The van der Waals surface area contributed by atoms with E-state index >= 15 is 0 Å². The van der Waals surface area contributed by atoms with Crippen molar-refractivity contribution >= 4 is 5.97 Å². The number of carbonyl (C=O) groups is 1. The van der Waals surface area contributed by atoms with Gasteiger partial charge in [0.1, 0.15) is 0 Å². The molecule has 2 saturated carbocycles. The molecule has 148 valence electrons. The van der Waals surface area contributed by atoms with E-state index < -0.39 is 5.97 Å². The van der Waals surface area contributed by atoms with Gasteiger partial charge in [-0.2, -0.15) is 0 Å². The lowest BCUT2D eigenvalue weighted by atomic mass is 9.73. The molecular formula is C23H34N2O2. The molecule has 1 saturated heterocycles. The summed E-state index contributed by atoms with van der Waals surface area (Å²) in [7, 11) is 0. The van der Waals surface area contributed by atoms with Crippen molar-refractivity contribution in [2.24, 2.45) is 17.3 Å². The van der Waals surface area contributed by atoms with E-state index in [-0.39, 0.29) is 5.41 Å². The third-order valence-corrected chi connectivity index (χ3v) is 7.07. The number of rotatable bonds is 9. The van der Waals surface area contributed by atoms with Crippen LogP contribution in [0.1, 0.15) is 61.4 Å². The minimum absolute atomic E-state index is 0.262. The first-order valence-electron chi connectivity index (χ1n) is 10.8. The monoisotopic (exact) mass is 370 g/mol. The maximum absolute atomic E-state index is 11.4. The standard InChI is InChI=1S/C23H34N2O2/c1-2-19-13-21(19)24-16-23(8-10-25(11-9-23)15-17-6-7-17)14-18-4-3-5-20(12-18)22(26)27/h3-5,12,17,19,21,24H,2,6-11,13-16H2,1H3,(H,26,27)/t19?,21-/m1/s1. The summed E-state index contributed by atoms with van der Waals surface area (Å²) in [6, 6.07) is 8.30. The van der Waals surface area contributed by atoms with Crippen LogP contribution in [0.2, 0.25) is 0 Å². The summed E-state index contributed by atoms with van der Waals surface area (Å²) in [5.41, 5.74) is 1.85. The number of likely N-dealkylation sites (tertiary alicyclic amines) is 1. The van der Waals surface area contributed by atoms with Crippen molar-refractivity contribution in [3.63, 3.8) is 0 Å². The third kappa shape index (κ3) is 4.91. The van der Waals surface area contributed by atoms with Crippen LogP contribution >= 0.6 is 0 Å². The van der Waals surface area contributed by atoms with Gasteiger partial charge in [-0.05, 0) is 86.6 Å². The van der Waals surface area contributed by atoms with E-state index in [9.17, 15) is 9.90 Å². The Balaban J connectivity index is 1.42. The van der Waals surface area contributed by atoms with Crippen molar-refractivity contribution in [2.75, 3.05) is 26.2 Å². The van der Waals surface area contributed by atoms with Gasteiger partial charge in [0, 0.05) is 19.1 Å². The quantitative estimate of drug-likeness (QED) is 0.694. The predicted molar refractivity (Wildman–Crippen MR) is 108 cm³/mol. The Morgan fingerprint density at radius 1 is 1.30 bits per heavy atom. The van der Waals surface area contributed by atoms with E-state index in [1.807, 2.05) is 12.1 Å². The van der Waals surface area contributed by atoms with E-state index in [1.54, 1.807) is 6.07 Å². The fourth-order valence-corrected chi connectivity index (χ4v) is 4.84. The largest absolute Gasteiger partial charge is 0.478 e. The van der Waals surface area contributed by atoms with E-state index in [0.29, 0.717) is 11.6 Å². The highest BCUT2D eigenvalue weighted by atomic mass is 16.4. The van der Waals surface area contributed by atoms with Gasteiger partial charge in [-0.1, -0.05) is 25.5 Å². The normalized spacial score (nSPS) is 27.4. The van der Waals surface area contributed by atoms with Crippen molar-refractivity contribution in [3.8, 4) is 0 Å². The van der Waals surface area contributed by atoms with Crippen LogP contribution < -0.4 is 5.32 Å². The average molecular weight is 371 g/mol.